The van der Waals surface area contributed by atoms with E-state index in [-0.39, 0.29) is 18.3 Å². The van der Waals surface area contributed by atoms with Gasteiger partial charge in [-0.2, -0.15) is 0 Å². The first-order valence-electron chi connectivity index (χ1n) is 17.3. The third-order valence-corrected chi connectivity index (χ3v) is 8.06. The van der Waals surface area contributed by atoms with Crippen LogP contribution in [0.25, 0.3) is 11.1 Å². The monoisotopic (exact) mass is 628 g/mol. The molecule has 3 rings (SSSR count). The molecule has 0 fully saturated rings. The Morgan fingerprint density at radius 2 is 1.09 bits per heavy atom. The Bertz CT molecular complexity index is 1310. The lowest BCUT2D eigenvalue weighted by Gasteiger charge is -2.13. The SMILES string of the molecule is CCCCCCCCCCOc1ccc(-c2ccc(C(=O)Oc3ccc(C(=O)CC(=O)O[C@@H](C)CCCCCC)cc3)cc2)cc1. The number of unbranched alkanes of at least 4 members (excludes halogenated alkanes) is 10. The normalized spacial score (nSPS) is 11.5. The van der Waals surface area contributed by atoms with Gasteiger partial charge in [0.1, 0.15) is 17.9 Å². The smallest absolute Gasteiger partial charge is 0.343 e. The fourth-order valence-corrected chi connectivity index (χ4v) is 5.26. The quantitative estimate of drug-likeness (QED) is 0.0362. The maximum Gasteiger partial charge on any atom is 0.343 e. The molecule has 6 heteroatoms. The number of hydrogen-bond acceptors (Lipinski definition) is 6. The molecule has 0 aliphatic carbocycles. The van der Waals surface area contributed by atoms with Crippen LogP contribution in [0.15, 0.2) is 72.8 Å². The number of esters is 2. The van der Waals surface area contributed by atoms with Crippen molar-refractivity contribution in [2.24, 2.45) is 0 Å². The van der Waals surface area contributed by atoms with Crippen LogP contribution in [0.2, 0.25) is 0 Å². The number of hydrogen-bond donors (Lipinski definition) is 0. The molecule has 0 spiro atoms. The van der Waals surface area contributed by atoms with Crippen molar-refractivity contribution in [1.29, 1.82) is 0 Å². The number of benzene rings is 3. The molecule has 0 amide bonds. The third kappa shape index (κ3) is 13.6. The van der Waals surface area contributed by atoms with E-state index in [0.29, 0.717) is 16.9 Å². The van der Waals surface area contributed by atoms with E-state index in [1.807, 2.05) is 43.3 Å². The van der Waals surface area contributed by atoms with Crippen LogP contribution < -0.4 is 9.47 Å². The van der Waals surface area contributed by atoms with Gasteiger partial charge in [0, 0.05) is 5.56 Å². The van der Waals surface area contributed by atoms with Crippen molar-refractivity contribution in [3.8, 4) is 22.6 Å². The average molecular weight is 629 g/mol. The molecule has 0 aromatic heterocycles. The molecule has 0 aliphatic rings. The standard InChI is InChI=1S/C40H52O6/c1-4-6-8-10-11-12-13-15-29-44-36-25-21-33(22-26-36)32-17-19-35(20-18-32)40(43)46-37-27-23-34(24-28-37)38(41)30-39(42)45-31(3)16-14-9-7-5-2/h17-28,31H,4-16,29-30H2,1-3H3/t31-/m0/s1. The molecule has 3 aromatic rings. The molecule has 0 aliphatic heterocycles. The minimum absolute atomic E-state index is 0.206. The predicted octanol–water partition coefficient (Wildman–Crippen LogP) is 10.6. The zero-order chi connectivity index (χ0) is 33.0. The van der Waals surface area contributed by atoms with Gasteiger partial charge < -0.3 is 14.2 Å². The Hall–Kier alpha value is -3.93. The summed E-state index contributed by atoms with van der Waals surface area (Å²) in [4.78, 5) is 37.5. The molecule has 46 heavy (non-hydrogen) atoms. The summed E-state index contributed by atoms with van der Waals surface area (Å²) in [6, 6.07) is 21.5. The van der Waals surface area contributed by atoms with Gasteiger partial charge in [0.25, 0.3) is 0 Å². The highest BCUT2D eigenvalue weighted by Crippen LogP contribution is 2.24. The lowest BCUT2D eigenvalue weighted by molar-refractivity contribution is -0.147. The molecular formula is C40H52O6. The first kappa shape index (κ1) is 36.5. The Morgan fingerprint density at radius 3 is 1.70 bits per heavy atom. The highest BCUT2D eigenvalue weighted by atomic mass is 16.5. The number of carbonyl (C=O) groups excluding carboxylic acids is 3. The van der Waals surface area contributed by atoms with Crippen molar-refractivity contribution in [2.45, 2.75) is 117 Å². The maximum atomic E-state index is 12.7. The second-order valence-corrected chi connectivity index (χ2v) is 12.1. The molecule has 6 nitrogen and oxygen atoms in total. The van der Waals surface area contributed by atoms with Crippen LogP contribution in [-0.2, 0) is 9.53 Å². The van der Waals surface area contributed by atoms with E-state index in [2.05, 4.69) is 13.8 Å². The van der Waals surface area contributed by atoms with Gasteiger partial charge in [0.15, 0.2) is 5.78 Å². The van der Waals surface area contributed by atoms with Crippen molar-refractivity contribution < 1.29 is 28.6 Å². The Balaban J connectivity index is 1.40. The summed E-state index contributed by atoms with van der Waals surface area (Å²) in [5, 5.41) is 0. The fourth-order valence-electron chi connectivity index (χ4n) is 5.26. The topological polar surface area (TPSA) is 78.9 Å². The molecule has 0 saturated carbocycles. The van der Waals surface area contributed by atoms with Crippen molar-refractivity contribution in [2.75, 3.05) is 6.61 Å². The molecular weight excluding hydrogens is 576 g/mol. The van der Waals surface area contributed by atoms with Gasteiger partial charge >= 0.3 is 11.9 Å². The number of ether oxygens (including phenoxy) is 3. The predicted molar refractivity (Wildman–Crippen MR) is 185 cm³/mol. The molecule has 3 aromatic carbocycles. The highest BCUT2D eigenvalue weighted by Gasteiger charge is 2.16. The van der Waals surface area contributed by atoms with E-state index in [1.54, 1.807) is 36.4 Å². The zero-order valence-corrected chi connectivity index (χ0v) is 28.1. The summed E-state index contributed by atoms with van der Waals surface area (Å²) in [6.45, 7) is 6.99. The van der Waals surface area contributed by atoms with E-state index in [9.17, 15) is 14.4 Å². The van der Waals surface area contributed by atoms with Crippen LogP contribution in [0.1, 0.15) is 131 Å². The number of ketones is 1. The van der Waals surface area contributed by atoms with Crippen LogP contribution >= 0.6 is 0 Å². The largest absolute Gasteiger partial charge is 0.494 e. The van der Waals surface area contributed by atoms with Crippen LogP contribution in [0.5, 0.6) is 11.5 Å². The average Bonchev–Trinajstić information content (AvgIpc) is 3.06. The minimum Gasteiger partial charge on any atom is -0.494 e. The molecule has 0 heterocycles. The summed E-state index contributed by atoms with van der Waals surface area (Å²) in [5.41, 5.74) is 2.80. The van der Waals surface area contributed by atoms with Gasteiger partial charge in [-0.3, -0.25) is 9.59 Å². The van der Waals surface area contributed by atoms with Gasteiger partial charge in [-0.1, -0.05) is 102 Å². The number of Topliss-reactive ketones (excluding diaryl/α,β-unsaturated/α-hetero) is 1. The first-order valence-corrected chi connectivity index (χ1v) is 17.3. The second kappa shape index (κ2) is 21.0. The van der Waals surface area contributed by atoms with Crippen molar-refractivity contribution in [3.63, 3.8) is 0 Å². The van der Waals surface area contributed by atoms with Gasteiger partial charge in [-0.05, 0) is 85.8 Å². The van der Waals surface area contributed by atoms with Gasteiger partial charge in [0.2, 0.25) is 0 Å². The van der Waals surface area contributed by atoms with Crippen molar-refractivity contribution in [3.05, 3.63) is 83.9 Å². The summed E-state index contributed by atoms with van der Waals surface area (Å²) < 4.78 is 16.8. The fraction of sp³-hybridized carbons (Fsp3) is 0.475. The van der Waals surface area contributed by atoms with Crippen molar-refractivity contribution in [1.82, 2.24) is 0 Å². The van der Waals surface area contributed by atoms with Crippen LogP contribution in [0.3, 0.4) is 0 Å². The van der Waals surface area contributed by atoms with Crippen LogP contribution in [-0.4, -0.2) is 30.4 Å². The number of carbonyl (C=O) groups is 3. The highest BCUT2D eigenvalue weighted by molar-refractivity contribution is 6.06. The Labute approximate surface area is 275 Å². The summed E-state index contributed by atoms with van der Waals surface area (Å²) >= 11 is 0. The molecule has 0 N–H and O–H groups in total. The van der Waals surface area contributed by atoms with Gasteiger partial charge in [-0.25, -0.2) is 4.79 Å². The minimum atomic E-state index is -0.523. The zero-order valence-electron chi connectivity index (χ0n) is 28.1. The summed E-state index contributed by atoms with van der Waals surface area (Å²) in [5.74, 6) is -0.171. The van der Waals surface area contributed by atoms with Crippen molar-refractivity contribution >= 4 is 17.7 Å². The molecule has 0 saturated heterocycles. The summed E-state index contributed by atoms with van der Waals surface area (Å²) in [6.07, 6.45) is 14.9. The van der Waals surface area contributed by atoms with Crippen LogP contribution in [0.4, 0.5) is 0 Å². The van der Waals surface area contributed by atoms with Crippen LogP contribution in [0, 0.1) is 0 Å². The molecule has 0 bridgehead atoms. The third-order valence-electron chi connectivity index (χ3n) is 8.06. The van der Waals surface area contributed by atoms with E-state index in [1.165, 1.54) is 51.4 Å². The maximum absolute atomic E-state index is 12.7. The summed E-state index contributed by atoms with van der Waals surface area (Å²) in [7, 11) is 0. The Kier molecular flexibility index (Phi) is 16.7. The first-order chi connectivity index (χ1) is 22.4. The lowest BCUT2D eigenvalue weighted by Crippen LogP contribution is -2.18. The Morgan fingerprint density at radius 1 is 0.587 bits per heavy atom. The molecule has 1 atom stereocenters. The number of rotatable bonds is 22. The molecule has 0 radical (unpaired) electrons. The molecule has 248 valence electrons. The van der Waals surface area contributed by atoms with E-state index in [4.69, 9.17) is 14.2 Å². The van der Waals surface area contributed by atoms with E-state index >= 15 is 0 Å². The van der Waals surface area contributed by atoms with E-state index < -0.39 is 11.9 Å². The lowest BCUT2D eigenvalue weighted by atomic mass is 10.0. The second-order valence-electron chi connectivity index (χ2n) is 12.1. The van der Waals surface area contributed by atoms with Gasteiger partial charge in [0.05, 0.1) is 18.3 Å². The van der Waals surface area contributed by atoms with Gasteiger partial charge in [-0.15, -0.1) is 0 Å². The van der Waals surface area contributed by atoms with E-state index in [0.717, 1.165) is 55.6 Å². The molecule has 0 unspecified atom stereocenters.